The lowest BCUT2D eigenvalue weighted by Gasteiger charge is -2.11. The van der Waals surface area contributed by atoms with Gasteiger partial charge in [-0.05, 0) is 29.8 Å². The summed E-state index contributed by atoms with van der Waals surface area (Å²) in [4.78, 5) is 25.6. The van der Waals surface area contributed by atoms with Gasteiger partial charge in [0.25, 0.3) is 5.56 Å². The van der Waals surface area contributed by atoms with Crippen LogP contribution in [0.25, 0.3) is 16.4 Å². The van der Waals surface area contributed by atoms with Crippen LogP contribution in [0.4, 0.5) is 0 Å². The molecule has 8 heteroatoms. The maximum atomic E-state index is 13.1. The van der Waals surface area contributed by atoms with E-state index in [2.05, 4.69) is 26.3 Å². The van der Waals surface area contributed by atoms with Crippen LogP contribution in [0.2, 0.25) is 0 Å². The van der Waals surface area contributed by atoms with Crippen molar-refractivity contribution in [2.24, 2.45) is 0 Å². The second kappa shape index (κ2) is 8.31. The van der Waals surface area contributed by atoms with Crippen LogP contribution in [0, 0.1) is 0 Å². The number of carbonyl (C=O) groups excluding carboxylic acids is 1. The number of halogens is 1. The summed E-state index contributed by atoms with van der Waals surface area (Å²) in [5, 5.41) is 8.15. The zero-order valence-corrected chi connectivity index (χ0v) is 18.3. The molecule has 0 aliphatic rings. The summed E-state index contributed by atoms with van der Waals surface area (Å²) < 4.78 is 9.43. The van der Waals surface area contributed by atoms with Gasteiger partial charge in [-0.3, -0.25) is 14.0 Å². The Bertz CT molecular complexity index is 1310. The third-order valence-corrected chi connectivity index (χ3v) is 5.79. The topological polar surface area (TPSA) is 77.6 Å². The summed E-state index contributed by atoms with van der Waals surface area (Å²) >= 11 is 3.47. The smallest absolute Gasteiger partial charge is 0.291 e. The molecule has 0 bridgehead atoms. The van der Waals surface area contributed by atoms with Crippen molar-refractivity contribution in [3.05, 3.63) is 74.7 Å². The fourth-order valence-electron chi connectivity index (χ4n) is 3.54. The fraction of sp³-hybridized carbons (Fsp3) is 0.227. The molecule has 0 radical (unpaired) electrons. The van der Waals surface area contributed by atoms with Crippen molar-refractivity contribution in [1.82, 2.24) is 19.5 Å². The Hall–Kier alpha value is -3.13. The van der Waals surface area contributed by atoms with E-state index in [9.17, 15) is 9.59 Å². The molecule has 7 nitrogen and oxygen atoms in total. The Balaban J connectivity index is 1.68. The van der Waals surface area contributed by atoms with E-state index in [1.54, 1.807) is 13.2 Å². The Morgan fingerprint density at radius 1 is 1.17 bits per heavy atom. The molecule has 0 fully saturated rings. The van der Waals surface area contributed by atoms with E-state index in [1.165, 1.54) is 4.68 Å². The molecule has 2 heterocycles. The number of nitrogens with one attached hydrogen (secondary N) is 1. The Kier molecular flexibility index (Phi) is 5.59. The third kappa shape index (κ3) is 3.59. The highest BCUT2D eigenvalue weighted by Gasteiger charge is 2.17. The Morgan fingerprint density at radius 2 is 1.97 bits per heavy atom. The lowest BCUT2D eigenvalue weighted by molar-refractivity contribution is -0.122. The number of nitrogens with zero attached hydrogens (tertiary/aromatic N) is 3. The first-order valence-electron chi connectivity index (χ1n) is 9.61. The number of carbonyl (C=O) groups is 1. The molecule has 0 unspecified atom stereocenters. The number of hydrogen-bond acceptors (Lipinski definition) is 4. The molecule has 1 N–H and O–H groups in total. The average Bonchev–Trinajstić information content (AvgIpc) is 3.15. The molecule has 0 saturated carbocycles. The SMILES string of the molecule is CCc1nn(CC(=O)NCc2ccccc2Br)c(=O)c2cc3c(OC)cccc3n12. The van der Waals surface area contributed by atoms with Crippen LogP contribution < -0.4 is 15.6 Å². The molecular formula is C22H21BrN4O3. The molecule has 2 aromatic heterocycles. The molecule has 30 heavy (non-hydrogen) atoms. The average molecular weight is 469 g/mol. The quantitative estimate of drug-likeness (QED) is 0.470. The summed E-state index contributed by atoms with van der Waals surface area (Å²) in [7, 11) is 1.60. The second-order valence-electron chi connectivity index (χ2n) is 6.86. The number of benzene rings is 2. The van der Waals surface area contributed by atoms with Crippen molar-refractivity contribution in [3.8, 4) is 5.75 Å². The summed E-state index contributed by atoms with van der Waals surface area (Å²) in [6.07, 6.45) is 0.607. The van der Waals surface area contributed by atoms with E-state index in [1.807, 2.05) is 53.8 Å². The lowest BCUT2D eigenvalue weighted by Crippen LogP contribution is -2.35. The minimum atomic E-state index is -0.318. The number of rotatable bonds is 6. The van der Waals surface area contributed by atoms with Gasteiger partial charge in [-0.25, -0.2) is 4.68 Å². The van der Waals surface area contributed by atoms with Crippen molar-refractivity contribution in [3.63, 3.8) is 0 Å². The molecule has 0 atom stereocenters. The molecule has 4 rings (SSSR count). The van der Waals surface area contributed by atoms with Gasteiger partial charge >= 0.3 is 0 Å². The van der Waals surface area contributed by atoms with Gasteiger partial charge in [0.1, 0.15) is 23.6 Å². The maximum absolute atomic E-state index is 13.1. The predicted molar refractivity (Wildman–Crippen MR) is 119 cm³/mol. The Morgan fingerprint density at radius 3 is 2.70 bits per heavy atom. The van der Waals surface area contributed by atoms with E-state index in [4.69, 9.17) is 4.74 Å². The van der Waals surface area contributed by atoms with Crippen LogP contribution in [-0.4, -0.2) is 27.2 Å². The van der Waals surface area contributed by atoms with Crippen LogP contribution in [0.1, 0.15) is 18.3 Å². The normalized spacial score (nSPS) is 11.2. The summed E-state index contributed by atoms with van der Waals surface area (Å²) in [6.45, 7) is 2.19. The van der Waals surface area contributed by atoms with Crippen LogP contribution in [0.15, 0.2) is 57.8 Å². The number of fused-ring (bicyclic) bond motifs is 3. The number of ether oxygens (including phenoxy) is 1. The minimum absolute atomic E-state index is 0.147. The van der Waals surface area contributed by atoms with Gasteiger partial charge < -0.3 is 10.1 Å². The van der Waals surface area contributed by atoms with Gasteiger partial charge in [0.05, 0.1) is 12.6 Å². The highest BCUT2D eigenvalue weighted by Crippen LogP contribution is 2.28. The first-order valence-corrected chi connectivity index (χ1v) is 10.4. The molecule has 0 aliphatic heterocycles. The van der Waals surface area contributed by atoms with Crippen molar-refractivity contribution < 1.29 is 9.53 Å². The highest BCUT2D eigenvalue weighted by atomic mass is 79.9. The minimum Gasteiger partial charge on any atom is -0.496 e. The van der Waals surface area contributed by atoms with Crippen LogP contribution in [0.5, 0.6) is 5.75 Å². The molecule has 2 aromatic carbocycles. The van der Waals surface area contributed by atoms with E-state index in [-0.39, 0.29) is 18.0 Å². The zero-order chi connectivity index (χ0) is 21.3. The monoisotopic (exact) mass is 468 g/mol. The van der Waals surface area contributed by atoms with Crippen molar-refractivity contribution in [2.75, 3.05) is 7.11 Å². The first-order chi connectivity index (χ1) is 14.5. The molecule has 0 spiro atoms. The number of aryl methyl sites for hydroxylation is 1. The van der Waals surface area contributed by atoms with Crippen molar-refractivity contribution >= 4 is 38.3 Å². The third-order valence-electron chi connectivity index (χ3n) is 5.02. The largest absolute Gasteiger partial charge is 0.496 e. The van der Waals surface area contributed by atoms with E-state index >= 15 is 0 Å². The van der Waals surface area contributed by atoms with Gasteiger partial charge in [-0.2, -0.15) is 5.10 Å². The van der Waals surface area contributed by atoms with Gasteiger partial charge in [0.2, 0.25) is 5.91 Å². The highest BCUT2D eigenvalue weighted by molar-refractivity contribution is 9.10. The first kappa shape index (κ1) is 20.2. The number of hydrogen-bond donors (Lipinski definition) is 1. The molecule has 1 amide bonds. The number of amides is 1. The molecule has 154 valence electrons. The second-order valence-corrected chi connectivity index (χ2v) is 7.71. The Labute approximate surface area is 181 Å². The summed E-state index contributed by atoms with van der Waals surface area (Å²) in [5.41, 5.74) is 1.97. The van der Waals surface area contributed by atoms with Gasteiger partial charge in [-0.1, -0.05) is 47.1 Å². The molecule has 0 aliphatic carbocycles. The van der Waals surface area contributed by atoms with Gasteiger partial charge in [0.15, 0.2) is 0 Å². The standard InChI is InChI=1S/C22H21BrN4O3/c1-3-20-25-26(13-21(28)24-12-14-7-4-5-8-16(14)23)22(29)18-11-15-17(27(18)20)9-6-10-19(15)30-2/h4-11H,3,12-13H2,1-2H3,(H,24,28). The van der Waals surface area contributed by atoms with Gasteiger partial charge in [-0.15, -0.1) is 0 Å². The van der Waals surface area contributed by atoms with Crippen molar-refractivity contribution in [2.45, 2.75) is 26.4 Å². The fourth-order valence-corrected chi connectivity index (χ4v) is 3.97. The van der Waals surface area contributed by atoms with Crippen molar-refractivity contribution in [1.29, 1.82) is 0 Å². The number of aromatic nitrogens is 3. The van der Waals surface area contributed by atoms with Gasteiger partial charge in [0, 0.05) is 22.8 Å². The lowest BCUT2D eigenvalue weighted by atomic mass is 10.2. The van der Waals surface area contributed by atoms with E-state index in [0.717, 1.165) is 20.9 Å². The predicted octanol–water partition coefficient (Wildman–Crippen LogP) is 3.30. The van der Waals surface area contributed by atoms with Crippen LogP contribution in [-0.2, 0) is 24.3 Å². The molecule has 0 saturated heterocycles. The summed E-state index contributed by atoms with van der Waals surface area (Å²) in [6, 6.07) is 15.1. The summed E-state index contributed by atoms with van der Waals surface area (Å²) in [5.74, 6) is 1.11. The van der Waals surface area contributed by atoms with E-state index < -0.39 is 0 Å². The zero-order valence-electron chi connectivity index (χ0n) is 16.7. The van der Waals surface area contributed by atoms with Crippen LogP contribution in [0.3, 0.4) is 0 Å². The maximum Gasteiger partial charge on any atom is 0.291 e. The molecular weight excluding hydrogens is 448 g/mol. The number of methoxy groups -OCH3 is 1. The van der Waals surface area contributed by atoms with Crippen LogP contribution >= 0.6 is 15.9 Å². The molecule has 4 aromatic rings. The van der Waals surface area contributed by atoms with E-state index in [0.29, 0.717) is 30.1 Å².